The first-order chi connectivity index (χ1) is 7.13. The second-order valence-electron chi connectivity index (χ2n) is 2.36. The highest BCUT2D eigenvalue weighted by Crippen LogP contribution is 2.12. The molecule has 0 spiro atoms. The minimum Gasteiger partial charge on any atom is -0.367 e. The Labute approximate surface area is 89.2 Å². The fourth-order valence-electron chi connectivity index (χ4n) is 0.688. The summed E-state index contributed by atoms with van der Waals surface area (Å²) in [6.07, 6.45) is 2.16. The van der Waals surface area contributed by atoms with E-state index in [0.717, 1.165) is 12.3 Å². The van der Waals surface area contributed by atoms with E-state index in [0.29, 0.717) is 0 Å². The number of nitrogens with zero attached hydrogens (tertiary/aromatic N) is 3. The molecular weight excluding hydrogens is 225 g/mol. The number of hydrogen-bond donors (Lipinski definition) is 3. The van der Waals surface area contributed by atoms with Gasteiger partial charge in [0, 0.05) is 0 Å². The van der Waals surface area contributed by atoms with Gasteiger partial charge in [-0.3, -0.25) is 10.2 Å². The van der Waals surface area contributed by atoms with Crippen LogP contribution in [0.3, 0.4) is 0 Å². The zero-order valence-corrected chi connectivity index (χ0v) is 8.11. The van der Waals surface area contributed by atoms with Crippen LogP contribution in [0.4, 0.5) is 4.39 Å². The maximum atomic E-state index is 12.6. The minimum absolute atomic E-state index is 0.101. The second kappa shape index (κ2) is 5.23. The molecule has 1 heterocycles. The maximum Gasteiger partial charge on any atom is 0.237 e. The summed E-state index contributed by atoms with van der Waals surface area (Å²) >= 11 is 5.64. The Morgan fingerprint density at radius 3 is 3.07 bits per heavy atom. The van der Waals surface area contributed by atoms with E-state index < -0.39 is 5.82 Å². The number of aromatic nitrogens is 1. The van der Waals surface area contributed by atoms with Gasteiger partial charge in [-0.2, -0.15) is 5.10 Å². The van der Waals surface area contributed by atoms with Gasteiger partial charge in [-0.25, -0.2) is 9.87 Å². The first-order valence-electron chi connectivity index (χ1n) is 3.71. The number of rotatable bonds is 2. The number of pyridine rings is 1. The summed E-state index contributed by atoms with van der Waals surface area (Å²) in [5, 5.41) is 15.1. The lowest BCUT2D eigenvalue weighted by Crippen LogP contribution is -2.27. The van der Waals surface area contributed by atoms with Crippen LogP contribution < -0.4 is 11.2 Å². The Morgan fingerprint density at radius 2 is 2.47 bits per heavy atom. The van der Waals surface area contributed by atoms with Crippen molar-refractivity contribution < 1.29 is 9.60 Å². The first-order valence-corrected chi connectivity index (χ1v) is 4.09. The van der Waals surface area contributed by atoms with E-state index in [-0.39, 0.29) is 16.7 Å². The van der Waals surface area contributed by atoms with Gasteiger partial charge >= 0.3 is 0 Å². The summed E-state index contributed by atoms with van der Waals surface area (Å²) in [6, 6.07) is 1.09. The van der Waals surface area contributed by atoms with Crippen LogP contribution in [-0.2, 0) is 0 Å². The smallest absolute Gasteiger partial charge is 0.237 e. The average Bonchev–Trinajstić information content (AvgIpc) is 2.21. The van der Waals surface area contributed by atoms with E-state index in [9.17, 15) is 4.39 Å². The molecule has 80 valence electrons. The normalized spacial score (nSPS) is 12.1. The molecule has 15 heavy (non-hydrogen) atoms. The van der Waals surface area contributed by atoms with Gasteiger partial charge in [0.25, 0.3) is 0 Å². The highest BCUT2D eigenvalue weighted by molar-refractivity contribution is 6.32. The van der Waals surface area contributed by atoms with Crippen molar-refractivity contribution in [3.63, 3.8) is 0 Å². The van der Waals surface area contributed by atoms with E-state index in [4.69, 9.17) is 22.5 Å². The van der Waals surface area contributed by atoms with Crippen molar-refractivity contribution in [3.05, 3.63) is 28.8 Å². The molecule has 0 aromatic carbocycles. The molecule has 1 aromatic heterocycles. The van der Waals surface area contributed by atoms with Crippen LogP contribution in [0.15, 0.2) is 22.5 Å². The molecule has 8 heteroatoms. The molecule has 1 rings (SSSR count). The molecule has 0 bridgehead atoms. The molecule has 0 saturated heterocycles. The maximum absolute atomic E-state index is 12.6. The Bertz CT molecular complexity index is 408. The van der Waals surface area contributed by atoms with E-state index in [1.54, 1.807) is 5.48 Å². The Kier molecular flexibility index (Phi) is 3.95. The van der Waals surface area contributed by atoms with Gasteiger partial charge in [-0.05, 0) is 6.07 Å². The average molecular weight is 232 g/mol. The Balaban J connectivity index is 2.81. The molecule has 0 fully saturated rings. The largest absolute Gasteiger partial charge is 0.367 e. The van der Waals surface area contributed by atoms with Gasteiger partial charge in [0.15, 0.2) is 0 Å². The van der Waals surface area contributed by atoms with E-state index in [1.165, 1.54) is 6.21 Å². The summed E-state index contributed by atoms with van der Waals surface area (Å²) in [5.74, 6) is -0.832. The quantitative estimate of drug-likeness (QED) is 0.392. The Hall–Kier alpha value is -1.73. The highest BCUT2D eigenvalue weighted by Gasteiger charge is 2.00. The van der Waals surface area contributed by atoms with E-state index in [2.05, 4.69) is 15.2 Å². The van der Waals surface area contributed by atoms with Gasteiger partial charge in [-0.15, -0.1) is 5.10 Å². The van der Waals surface area contributed by atoms with Crippen molar-refractivity contribution in [1.82, 2.24) is 10.5 Å². The molecule has 0 unspecified atom stereocenters. The summed E-state index contributed by atoms with van der Waals surface area (Å²) < 4.78 is 12.6. The van der Waals surface area contributed by atoms with Crippen LogP contribution in [0.25, 0.3) is 0 Å². The molecule has 6 nitrogen and oxygen atoms in total. The van der Waals surface area contributed by atoms with Gasteiger partial charge in [0.05, 0.1) is 17.4 Å². The van der Waals surface area contributed by atoms with Gasteiger partial charge in [-0.1, -0.05) is 11.6 Å². The van der Waals surface area contributed by atoms with Crippen molar-refractivity contribution in [2.75, 3.05) is 0 Å². The van der Waals surface area contributed by atoms with Gasteiger partial charge in [0.1, 0.15) is 11.5 Å². The number of nitrogens with one attached hydrogen (secondary N) is 1. The van der Waals surface area contributed by atoms with Crippen molar-refractivity contribution in [2.24, 2.45) is 15.9 Å². The van der Waals surface area contributed by atoms with Crippen molar-refractivity contribution in [3.8, 4) is 0 Å². The summed E-state index contributed by atoms with van der Waals surface area (Å²) in [7, 11) is 0. The van der Waals surface area contributed by atoms with Crippen molar-refractivity contribution >= 4 is 23.8 Å². The predicted octanol–water partition coefficient (Wildman–Crippen LogP) is 0.501. The van der Waals surface area contributed by atoms with Crippen molar-refractivity contribution in [1.29, 1.82) is 0 Å². The zero-order chi connectivity index (χ0) is 11.3. The monoisotopic (exact) mass is 231 g/mol. The topological polar surface area (TPSA) is 95.9 Å². The van der Waals surface area contributed by atoms with E-state index in [1.807, 2.05) is 0 Å². The molecular formula is C7H7ClFN5O. The lowest BCUT2D eigenvalue weighted by atomic mass is 10.4. The second-order valence-corrected chi connectivity index (χ2v) is 2.77. The number of guanidine groups is 1. The lowest BCUT2D eigenvalue weighted by molar-refractivity contribution is 0.232. The molecule has 4 N–H and O–H groups in total. The standard InChI is InChI=1S/C7H7ClFN5O/c8-5-1-4(9)2-11-6(5)3-12-13-7(10)14-15/h1-3,15H,(H3,10,13,14). The van der Waals surface area contributed by atoms with Crippen LogP contribution in [0.5, 0.6) is 0 Å². The molecule has 0 aliphatic rings. The van der Waals surface area contributed by atoms with Crippen LogP contribution in [-0.4, -0.2) is 22.4 Å². The minimum atomic E-state index is -0.544. The summed E-state index contributed by atoms with van der Waals surface area (Å²) in [5.41, 5.74) is 6.88. The third-order valence-electron chi connectivity index (χ3n) is 1.30. The molecule has 1 aromatic rings. The first kappa shape index (κ1) is 11.3. The van der Waals surface area contributed by atoms with Gasteiger partial charge in [0.2, 0.25) is 5.96 Å². The fraction of sp³-hybridized carbons (Fsp3) is 0. The number of hydrogen-bond acceptors (Lipinski definition) is 4. The highest BCUT2D eigenvalue weighted by atomic mass is 35.5. The molecule has 0 radical (unpaired) electrons. The fourth-order valence-corrected chi connectivity index (χ4v) is 0.890. The number of halogens is 2. The lowest BCUT2D eigenvalue weighted by Gasteiger charge is -1.95. The molecule has 0 saturated carbocycles. The summed E-state index contributed by atoms with van der Waals surface area (Å²) in [6.45, 7) is 0. The van der Waals surface area contributed by atoms with Crippen LogP contribution >= 0.6 is 11.6 Å². The third-order valence-corrected chi connectivity index (χ3v) is 1.60. The van der Waals surface area contributed by atoms with Crippen molar-refractivity contribution in [2.45, 2.75) is 0 Å². The zero-order valence-electron chi connectivity index (χ0n) is 7.35. The van der Waals surface area contributed by atoms with Gasteiger partial charge < -0.3 is 5.73 Å². The van der Waals surface area contributed by atoms with Crippen LogP contribution in [0, 0.1) is 5.82 Å². The molecule has 0 atom stereocenters. The number of nitrogens with two attached hydrogens (primary N) is 1. The molecule has 0 aliphatic carbocycles. The van der Waals surface area contributed by atoms with Crippen LogP contribution in [0.2, 0.25) is 5.02 Å². The Morgan fingerprint density at radius 1 is 1.73 bits per heavy atom. The summed E-state index contributed by atoms with van der Waals surface area (Å²) in [4.78, 5) is 3.65. The third kappa shape index (κ3) is 3.49. The molecule has 0 aliphatic heterocycles. The number of hydroxylamine groups is 1. The molecule has 0 amide bonds. The SMILES string of the molecule is NC(=NN=Cc1ncc(F)cc1Cl)NO. The van der Waals surface area contributed by atoms with Crippen LogP contribution in [0.1, 0.15) is 5.69 Å². The van der Waals surface area contributed by atoms with E-state index >= 15 is 0 Å². The predicted molar refractivity (Wildman–Crippen MR) is 53.3 cm³/mol.